The topological polar surface area (TPSA) is 64.6 Å². The van der Waals surface area contributed by atoms with E-state index in [1.54, 1.807) is 7.11 Å². The summed E-state index contributed by atoms with van der Waals surface area (Å²) in [5.41, 5.74) is 1.33. The Kier molecular flexibility index (Phi) is 6.31. The van der Waals surface area contributed by atoms with Crippen LogP contribution >= 0.6 is 0 Å². The molecule has 1 amide bonds. The van der Waals surface area contributed by atoms with Gasteiger partial charge in [0.2, 0.25) is 0 Å². The predicted molar refractivity (Wildman–Crippen MR) is 87.3 cm³/mol. The zero-order valence-electron chi connectivity index (χ0n) is 13.3. The Morgan fingerprint density at radius 3 is 2.50 bits per heavy atom. The van der Waals surface area contributed by atoms with Crippen LogP contribution in [0.3, 0.4) is 0 Å². The van der Waals surface area contributed by atoms with Gasteiger partial charge in [0.25, 0.3) is 5.91 Å². The van der Waals surface area contributed by atoms with Crippen LogP contribution in [0.15, 0.2) is 48.5 Å². The molecule has 0 aliphatic rings. The lowest BCUT2D eigenvalue weighted by molar-refractivity contribution is -0.147. The highest BCUT2D eigenvalue weighted by Gasteiger charge is 2.10. The zero-order chi connectivity index (χ0) is 17.4. The van der Waals surface area contributed by atoms with Crippen molar-refractivity contribution in [2.24, 2.45) is 0 Å². The van der Waals surface area contributed by atoms with Gasteiger partial charge in [0.1, 0.15) is 11.6 Å². The van der Waals surface area contributed by atoms with Gasteiger partial charge in [-0.05, 0) is 42.3 Å². The number of ether oxygens (including phenoxy) is 2. The van der Waals surface area contributed by atoms with Gasteiger partial charge >= 0.3 is 5.97 Å². The second-order valence-electron chi connectivity index (χ2n) is 5.03. The molecule has 2 aromatic rings. The number of rotatable bonds is 7. The third-order valence-corrected chi connectivity index (χ3v) is 3.28. The first-order valence-electron chi connectivity index (χ1n) is 7.41. The Morgan fingerprint density at radius 2 is 1.79 bits per heavy atom. The fraction of sp³-hybridized carbons (Fsp3) is 0.222. The largest absolute Gasteiger partial charge is 0.496 e. The SMILES string of the molecule is COc1ccccc1CCC(=O)OCC(=O)Nc1ccc(F)cc1. The molecule has 0 atom stereocenters. The van der Waals surface area contributed by atoms with E-state index in [2.05, 4.69) is 5.32 Å². The standard InChI is InChI=1S/C18H18FNO4/c1-23-16-5-3-2-4-13(16)6-11-18(22)24-12-17(21)20-15-9-7-14(19)8-10-15/h2-5,7-10H,6,11-12H2,1H3,(H,20,21). The summed E-state index contributed by atoms with van der Waals surface area (Å²) in [6.07, 6.45) is 0.604. The Hall–Kier alpha value is -2.89. The molecule has 6 heteroatoms. The summed E-state index contributed by atoms with van der Waals surface area (Å²) in [4.78, 5) is 23.4. The third kappa shape index (κ3) is 5.39. The van der Waals surface area contributed by atoms with E-state index in [-0.39, 0.29) is 13.0 Å². The van der Waals surface area contributed by atoms with Gasteiger partial charge in [-0.25, -0.2) is 4.39 Å². The molecule has 0 heterocycles. The molecule has 0 unspecified atom stereocenters. The maximum atomic E-state index is 12.8. The molecular formula is C18H18FNO4. The summed E-state index contributed by atoms with van der Waals surface area (Å²) in [5.74, 6) is -0.641. The fourth-order valence-electron chi connectivity index (χ4n) is 2.09. The molecule has 2 aromatic carbocycles. The zero-order valence-corrected chi connectivity index (χ0v) is 13.3. The van der Waals surface area contributed by atoms with Crippen LogP contribution in [0.1, 0.15) is 12.0 Å². The van der Waals surface area contributed by atoms with Crippen molar-refractivity contribution in [2.45, 2.75) is 12.8 Å². The van der Waals surface area contributed by atoms with Crippen LogP contribution in [0.5, 0.6) is 5.75 Å². The molecule has 126 valence electrons. The molecule has 0 saturated heterocycles. The second kappa shape index (κ2) is 8.67. The van der Waals surface area contributed by atoms with Crippen molar-refractivity contribution in [1.29, 1.82) is 0 Å². The molecule has 0 aliphatic heterocycles. The summed E-state index contributed by atoms with van der Waals surface area (Å²) >= 11 is 0. The number of benzene rings is 2. The van der Waals surface area contributed by atoms with Gasteiger partial charge in [0.05, 0.1) is 7.11 Å². The van der Waals surface area contributed by atoms with Crippen LogP contribution in [0.25, 0.3) is 0 Å². The molecule has 0 saturated carbocycles. The molecule has 5 nitrogen and oxygen atoms in total. The second-order valence-corrected chi connectivity index (χ2v) is 5.03. The lowest BCUT2D eigenvalue weighted by Crippen LogP contribution is -2.21. The summed E-state index contributed by atoms with van der Waals surface area (Å²) in [6.45, 7) is -0.387. The summed E-state index contributed by atoms with van der Waals surface area (Å²) < 4.78 is 22.9. The first-order valence-corrected chi connectivity index (χ1v) is 7.41. The van der Waals surface area contributed by atoms with Gasteiger partial charge in [0.15, 0.2) is 6.61 Å². The van der Waals surface area contributed by atoms with Gasteiger partial charge in [-0.2, -0.15) is 0 Å². The van der Waals surface area contributed by atoms with E-state index in [9.17, 15) is 14.0 Å². The minimum Gasteiger partial charge on any atom is -0.496 e. The molecule has 0 aromatic heterocycles. The van der Waals surface area contributed by atoms with Crippen LogP contribution in [0.2, 0.25) is 0 Å². The molecule has 0 fully saturated rings. The van der Waals surface area contributed by atoms with E-state index in [0.29, 0.717) is 17.9 Å². The van der Waals surface area contributed by atoms with E-state index >= 15 is 0 Å². The van der Waals surface area contributed by atoms with Crippen LogP contribution in [-0.2, 0) is 20.7 Å². The van der Waals surface area contributed by atoms with Crippen LogP contribution in [0, 0.1) is 5.82 Å². The highest BCUT2D eigenvalue weighted by Crippen LogP contribution is 2.18. The van der Waals surface area contributed by atoms with Crippen LogP contribution in [0.4, 0.5) is 10.1 Å². The highest BCUT2D eigenvalue weighted by atomic mass is 19.1. The lowest BCUT2D eigenvalue weighted by atomic mass is 10.1. The van der Waals surface area contributed by atoms with Crippen molar-refractivity contribution in [3.05, 3.63) is 59.9 Å². The molecule has 2 rings (SSSR count). The average Bonchev–Trinajstić information content (AvgIpc) is 2.60. The van der Waals surface area contributed by atoms with Crippen LogP contribution in [-0.4, -0.2) is 25.6 Å². The van der Waals surface area contributed by atoms with Crippen LogP contribution < -0.4 is 10.1 Å². The number of para-hydroxylation sites is 1. The Morgan fingerprint density at radius 1 is 1.08 bits per heavy atom. The van der Waals surface area contributed by atoms with Gasteiger partial charge in [-0.15, -0.1) is 0 Å². The molecule has 24 heavy (non-hydrogen) atoms. The number of anilines is 1. The van der Waals surface area contributed by atoms with Crippen molar-refractivity contribution < 1.29 is 23.5 Å². The van der Waals surface area contributed by atoms with Gasteiger partial charge in [0, 0.05) is 12.1 Å². The number of amides is 1. The Balaban J connectivity index is 1.74. The number of halogens is 1. The van der Waals surface area contributed by atoms with E-state index < -0.39 is 17.7 Å². The quantitative estimate of drug-likeness (QED) is 0.792. The molecule has 1 N–H and O–H groups in total. The van der Waals surface area contributed by atoms with Crippen molar-refractivity contribution in [3.63, 3.8) is 0 Å². The maximum absolute atomic E-state index is 12.8. The van der Waals surface area contributed by atoms with Gasteiger partial charge in [-0.1, -0.05) is 18.2 Å². The van der Waals surface area contributed by atoms with Gasteiger partial charge < -0.3 is 14.8 Å². The highest BCUT2D eigenvalue weighted by molar-refractivity contribution is 5.92. The first-order chi connectivity index (χ1) is 11.6. The Labute approximate surface area is 139 Å². The normalized spacial score (nSPS) is 10.1. The minimum atomic E-state index is -0.479. The first kappa shape index (κ1) is 17.5. The number of aryl methyl sites for hydroxylation is 1. The molecule has 0 spiro atoms. The lowest BCUT2D eigenvalue weighted by Gasteiger charge is -2.08. The van der Waals surface area contributed by atoms with Crippen molar-refractivity contribution >= 4 is 17.6 Å². The van der Waals surface area contributed by atoms with Crippen molar-refractivity contribution in [2.75, 3.05) is 19.0 Å². The summed E-state index contributed by atoms with van der Waals surface area (Å²) in [7, 11) is 1.57. The monoisotopic (exact) mass is 331 g/mol. The molecule has 0 bridgehead atoms. The number of methoxy groups -OCH3 is 1. The van der Waals surface area contributed by atoms with E-state index in [0.717, 1.165) is 5.56 Å². The van der Waals surface area contributed by atoms with E-state index in [4.69, 9.17) is 9.47 Å². The Bertz CT molecular complexity index is 700. The van der Waals surface area contributed by atoms with Crippen molar-refractivity contribution in [1.82, 2.24) is 0 Å². The van der Waals surface area contributed by atoms with E-state index in [1.165, 1.54) is 24.3 Å². The maximum Gasteiger partial charge on any atom is 0.306 e. The van der Waals surface area contributed by atoms with E-state index in [1.807, 2.05) is 24.3 Å². The van der Waals surface area contributed by atoms with Gasteiger partial charge in [-0.3, -0.25) is 9.59 Å². The average molecular weight is 331 g/mol. The number of carbonyl (C=O) groups excluding carboxylic acids is 2. The third-order valence-electron chi connectivity index (χ3n) is 3.28. The molecule has 0 aliphatic carbocycles. The number of nitrogens with one attached hydrogen (secondary N) is 1. The molecular weight excluding hydrogens is 313 g/mol. The fourth-order valence-corrected chi connectivity index (χ4v) is 2.09. The predicted octanol–water partition coefficient (Wildman–Crippen LogP) is 2.95. The summed E-state index contributed by atoms with van der Waals surface area (Å²) in [6, 6.07) is 12.7. The van der Waals surface area contributed by atoms with Crippen molar-refractivity contribution in [3.8, 4) is 5.75 Å². The smallest absolute Gasteiger partial charge is 0.306 e. The molecule has 0 radical (unpaired) electrons. The number of hydrogen-bond acceptors (Lipinski definition) is 4. The number of carbonyl (C=O) groups is 2. The number of hydrogen-bond donors (Lipinski definition) is 1. The summed E-state index contributed by atoms with van der Waals surface area (Å²) in [5, 5.41) is 2.51. The number of esters is 1. The minimum absolute atomic E-state index is 0.143.